The third kappa shape index (κ3) is 3.75. The Bertz CT molecular complexity index is 967. The molecular weight excluding hydrogens is 326 g/mol. The Labute approximate surface area is 143 Å². The normalized spacial score (nSPS) is 13.8. The predicted molar refractivity (Wildman–Crippen MR) is 92.2 cm³/mol. The fourth-order valence-electron chi connectivity index (χ4n) is 2.79. The van der Waals surface area contributed by atoms with Gasteiger partial charge in [-0.1, -0.05) is 24.3 Å². The Morgan fingerprint density at radius 3 is 2.68 bits per heavy atom. The Hall–Kier alpha value is -2.57. The molecule has 1 aromatic heterocycles. The maximum Gasteiger partial charge on any atom is 0.252 e. The second-order valence-electron chi connectivity index (χ2n) is 6.21. The van der Waals surface area contributed by atoms with Crippen LogP contribution in [-0.4, -0.2) is 16.6 Å². The second-order valence-corrected chi connectivity index (χ2v) is 6.21. The SMILES string of the molecule is CC(O)(CNCc1cc2ccccc2[nH]c1=O)c1ccc(F)cc1F. The highest BCUT2D eigenvalue weighted by Gasteiger charge is 2.26. The average molecular weight is 344 g/mol. The van der Waals surface area contributed by atoms with Gasteiger partial charge in [-0.05, 0) is 30.5 Å². The summed E-state index contributed by atoms with van der Waals surface area (Å²) in [6.45, 7) is 1.64. The number of aromatic amines is 1. The average Bonchev–Trinajstić information content (AvgIpc) is 2.54. The largest absolute Gasteiger partial charge is 0.384 e. The summed E-state index contributed by atoms with van der Waals surface area (Å²) < 4.78 is 26.9. The number of benzene rings is 2. The quantitative estimate of drug-likeness (QED) is 0.667. The van der Waals surface area contributed by atoms with Crippen molar-refractivity contribution in [3.8, 4) is 0 Å². The number of rotatable bonds is 5. The van der Waals surface area contributed by atoms with Crippen molar-refractivity contribution < 1.29 is 13.9 Å². The summed E-state index contributed by atoms with van der Waals surface area (Å²) in [5, 5.41) is 14.3. The van der Waals surface area contributed by atoms with Gasteiger partial charge >= 0.3 is 0 Å². The Kier molecular flexibility index (Phi) is 4.65. The van der Waals surface area contributed by atoms with E-state index in [1.807, 2.05) is 24.3 Å². The van der Waals surface area contributed by atoms with E-state index in [0.717, 1.165) is 23.0 Å². The van der Waals surface area contributed by atoms with E-state index in [-0.39, 0.29) is 24.2 Å². The van der Waals surface area contributed by atoms with Gasteiger partial charge in [-0.25, -0.2) is 8.78 Å². The molecule has 0 aliphatic rings. The zero-order valence-corrected chi connectivity index (χ0v) is 13.6. The lowest BCUT2D eigenvalue weighted by Crippen LogP contribution is -2.36. The number of aromatic nitrogens is 1. The molecule has 2 aromatic carbocycles. The van der Waals surface area contributed by atoms with Gasteiger partial charge in [0.25, 0.3) is 5.56 Å². The van der Waals surface area contributed by atoms with Gasteiger partial charge in [0.05, 0.1) is 0 Å². The fraction of sp³-hybridized carbons (Fsp3) is 0.211. The lowest BCUT2D eigenvalue weighted by Gasteiger charge is -2.25. The molecule has 4 nitrogen and oxygen atoms in total. The van der Waals surface area contributed by atoms with Crippen LogP contribution in [0.2, 0.25) is 0 Å². The summed E-state index contributed by atoms with van der Waals surface area (Å²) in [6.07, 6.45) is 0. The van der Waals surface area contributed by atoms with Crippen LogP contribution in [0.5, 0.6) is 0 Å². The molecule has 6 heteroatoms. The number of hydrogen-bond donors (Lipinski definition) is 3. The van der Waals surface area contributed by atoms with Crippen LogP contribution in [0, 0.1) is 11.6 Å². The van der Waals surface area contributed by atoms with Crippen molar-refractivity contribution >= 4 is 10.9 Å². The van der Waals surface area contributed by atoms with Crippen molar-refractivity contribution in [2.24, 2.45) is 0 Å². The van der Waals surface area contributed by atoms with E-state index in [1.54, 1.807) is 6.07 Å². The van der Waals surface area contributed by atoms with Crippen LogP contribution in [0.1, 0.15) is 18.1 Å². The molecule has 1 unspecified atom stereocenters. The first kappa shape index (κ1) is 17.3. The highest BCUT2D eigenvalue weighted by Crippen LogP contribution is 2.23. The van der Waals surface area contributed by atoms with E-state index in [1.165, 1.54) is 13.0 Å². The van der Waals surface area contributed by atoms with Crippen LogP contribution < -0.4 is 10.9 Å². The van der Waals surface area contributed by atoms with Gasteiger partial charge in [0.15, 0.2) is 0 Å². The summed E-state index contributed by atoms with van der Waals surface area (Å²) in [7, 11) is 0. The summed E-state index contributed by atoms with van der Waals surface area (Å²) >= 11 is 0. The van der Waals surface area contributed by atoms with E-state index in [9.17, 15) is 18.7 Å². The molecule has 25 heavy (non-hydrogen) atoms. The molecule has 0 radical (unpaired) electrons. The molecule has 0 fully saturated rings. The van der Waals surface area contributed by atoms with Crippen molar-refractivity contribution in [2.75, 3.05) is 6.54 Å². The monoisotopic (exact) mass is 344 g/mol. The number of halogens is 2. The summed E-state index contributed by atoms with van der Waals surface area (Å²) in [5.74, 6) is -1.51. The lowest BCUT2D eigenvalue weighted by atomic mass is 9.95. The predicted octanol–water partition coefficient (Wildman–Crippen LogP) is 2.80. The smallest absolute Gasteiger partial charge is 0.252 e. The summed E-state index contributed by atoms with van der Waals surface area (Å²) in [6, 6.07) is 12.2. The van der Waals surface area contributed by atoms with Crippen molar-refractivity contribution in [1.82, 2.24) is 10.3 Å². The first-order chi connectivity index (χ1) is 11.9. The maximum atomic E-state index is 13.9. The molecule has 130 valence electrons. The number of para-hydroxylation sites is 1. The van der Waals surface area contributed by atoms with Gasteiger partial charge in [0.2, 0.25) is 0 Å². The number of hydrogen-bond acceptors (Lipinski definition) is 3. The van der Waals surface area contributed by atoms with Crippen LogP contribution in [0.4, 0.5) is 8.78 Å². The minimum atomic E-state index is -1.54. The van der Waals surface area contributed by atoms with E-state index in [0.29, 0.717) is 5.56 Å². The van der Waals surface area contributed by atoms with Gasteiger partial charge in [0.1, 0.15) is 17.2 Å². The van der Waals surface area contributed by atoms with Gasteiger partial charge in [0, 0.05) is 35.8 Å². The number of fused-ring (bicyclic) bond motifs is 1. The Balaban J connectivity index is 1.73. The van der Waals surface area contributed by atoms with E-state index in [2.05, 4.69) is 10.3 Å². The van der Waals surface area contributed by atoms with Crippen molar-refractivity contribution in [3.63, 3.8) is 0 Å². The van der Waals surface area contributed by atoms with Crippen LogP contribution in [0.3, 0.4) is 0 Å². The zero-order chi connectivity index (χ0) is 18.0. The molecular formula is C19H18F2N2O2. The van der Waals surface area contributed by atoms with Gasteiger partial charge in [-0.15, -0.1) is 0 Å². The first-order valence-corrected chi connectivity index (χ1v) is 7.86. The van der Waals surface area contributed by atoms with Crippen LogP contribution in [-0.2, 0) is 12.1 Å². The number of aliphatic hydroxyl groups is 1. The molecule has 1 heterocycles. The summed E-state index contributed by atoms with van der Waals surface area (Å²) in [4.78, 5) is 14.9. The molecule has 0 saturated carbocycles. The first-order valence-electron chi connectivity index (χ1n) is 7.86. The highest BCUT2D eigenvalue weighted by molar-refractivity contribution is 5.78. The molecule has 0 aliphatic carbocycles. The molecule has 0 amide bonds. The van der Waals surface area contributed by atoms with Crippen LogP contribution in [0.25, 0.3) is 10.9 Å². The molecule has 0 aliphatic heterocycles. The molecule has 0 bridgehead atoms. The molecule has 3 N–H and O–H groups in total. The van der Waals surface area contributed by atoms with Crippen molar-refractivity contribution in [1.29, 1.82) is 0 Å². The fourth-order valence-corrected chi connectivity index (χ4v) is 2.79. The van der Waals surface area contributed by atoms with Crippen molar-refractivity contribution in [2.45, 2.75) is 19.1 Å². The Morgan fingerprint density at radius 1 is 1.16 bits per heavy atom. The van der Waals surface area contributed by atoms with E-state index >= 15 is 0 Å². The minimum Gasteiger partial charge on any atom is -0.384 e. The van der Waals surface area contributed by atoms with Crippen LogP contribution >= 0.6 is 0 Å². The van der Waals surface area contributed by atoms with Gasteiger partial charge < -0.3 is 15.4 Å². The molecule has 0 spiro atoms. The molecule has 3 aromatic rings. The lowest BCUT2D eigenvalue weighted by molar-refractivity contribution is 0.0528. The number of nitrogens with one attached hydrogen (secondary N) is 2. The van der Waals surface area contributed by atoms with Gasteiger partial charge in [-0.2, -0.15) is 0 Å². The standard InChI is InChI=1S/C19H18F2N2O2/c1-19(25,15-7-6-14(20)9-16(15)21)11-22-10-13-8-12-4-2-3-5-17(12)23-18(13)24/h2-9,22,25H,10-11H2,1H3,(H,23,24). The molecule has 1 atom stereocenters. The number of pyridine rings is 1. The van der Waals surface area contributed by atoms with Crippen molar-refractivity contribution in [3.05, 3.63) is 81.6 Å². The Morgan fingerprint density at radius 2 is 1.92 bits per heavy atom. The number of H-pyrrole nitrogens is 1. The van der Waals surface area contributed by atoms with Crippen LogP contribution in [0.15, 0.2) is 53.3 Å². The van der Waals surface area contributed by atoms with E-state index in [4.69, 9.17) is 0 Å². The minimum absolute atomic E-state index is 0.00180. The third-order valence-electron chi connectivity index (χ3n) is 4.13. The van der Waals surface area contributed by atoms with E-state index < -0.39 is 17.2 Å². The zero-order valence-electron chi connectivity index (χ0n) is 13.6. The molecule has 3 rings (SSSR count). The second kappa shape index (κ2) is 6.74. The maximum absolute atomic E-state index is 13.9. The summed E-state index contributed by atoms with van der Waals surface area (Å²) in [5.41, 5.74) is -0.514. The topological polar surface area (TPSA) is 65.1 Å². The third-order valence-corrected chi connectivity index (χ3v) is 4.13. The highest BCUT2D eigenvalue weighted by atomic mass is 19.1. The van der Waals surface area contributed by atoms with Gasteiger partial charge in [-0.3, -0.25) is 4.79 Å². The molecule has 0 saturated heterocycles.